The Morgan fingerprint density at radius 2 is 2.10 bits per heavy atom. The van der Waals surface area contributed by atoms with Gasteiger partial charge in [0, 0.05) is 4.48 Å². The lowest BCUT2D eigenvalue weighted by Crippen LogP contribution is -1.99. The molecule has 20 heavy (non-hydrogen) atoms. The lowest BCUT2D eigenvalue weighted by atomic mass is 10.3. The molecule has 0 saturated heterocycles. The van der Waals surface area contributed by atoms with Gasteiger partial charge in [-0.15, -0.1) is 0 Å². The van der Waals surface area contributed by atoms with Gasteiger partial charge in [-0.3, -0.25) is 0 Å². The van der Waals surface area contributed by atoms with Gasteiger partial charge < -0.3 is 8.98 Å². The SMILES string of the molecule is C=C(Br)Cn1c(/C=C/c2ccco2)nc2ccccc21. The highest BCUT2D eigenvalue weighted by Gasteiger charge is 2.08. The molecule has 0 aliphatic carbocycles. The molecule has 100 valence electrons. The average molecular weight is 329 g/mol. The number of imidazole rings is 1. The Morgan fingerprint density at radius 3 is 2.85 bits per heavy atom. The summed E-state index contributed by atoms with van der Waals surface area (Å²) in [5.41, 5.74) is 2.06. The Kier molecular flexibility index (Phi) is 3.56. The predicted octanol–water partition coefficient (Wildman–Crippen LogP) is 4.71. The van der Waals surface area contributed by atoms with Crippen LogP contribution in [0, 0.1) is 0 Å². The summed E-state index contributed by atoms with van der Waals surface area (Å²) in [4.78, 5) is 4.64. The molecule has 0 unspecified atom stereocenters. The van der Waals surface area contributed by atoms with E-state index in [1.165, 1.54) is 0 Å². The van der Waals surface area contributed by atoms with Gasteiger partial charge in [-0.2, -0.15) is 0 Å². The molecule has 0 fully saturated rings. The van der Waals surface area contributed by atoms with E-state index in [0.717, 1.165) is 27.1 Å². The van der Waals surface area contributed by atoms with Gasteiger partial charge in [-0.05, 0) is 36.4 Å². The second kappa shape index (κ2) is 5.51. The number of halogens is 1. The van der Waals surface area contributed by atoms with Gasteiger partial charge in [0.25, 0.3) is 0 Å². The van der Waals surface area contributed by atoms with Crippen molar-refractivity contribution in [3.05, 3.63) is 65.3 Å². The van der Waals surface area contributed by atoms with Crippen LogP contribution in [-0.2, 0) is 6.54 Å². The second-order valence-corrected chi connectivity index (χ2v) is 5.53. The van der Waals surface area contributed by atoms with E-state index in [0.29, 0.717) is 6.54 Å². The Balaban J connectivity index is 2.06. The lowest BCUT2D eigenvalue weighted by Gasteiger charge is -2.05. The van der Waals surface area contributed by atoms with Crippen molar-refractivity contribution in [2.24, 2.45) is 0 Å². The normalized spacial score (nSPS) is 11.4. The van der Waals surface area contributed by atoms with Crippen LogP contribution in [0.15, 0.2) is 58.1 Å². The summed E-state index contributed by atoms with van der Waals surface area (Å²) in [5, 5.41) is 0. The molecule has 0 spiro atoms. The maximum atomic E-state index is 5.30. The highest BCUT2D eigenvalue weighted by atomic mass is 79.9. The number of allylic oxidation sites excluding steroid dienone is 1. The molecule has 0 amide bonds. The second-order valence-electron chi connectivity index (χ2n) is 4.41. The summed E-state index contributed by atoms with van der Waals surface area (Å²) >= 11 is 3.42. The summed E-state index contributed by atoms with van der Waals surface area (Å²) in [5.74, 6) is 1.68. The molecule has 0 N–H and O–H groups in total. The van der Waals surface area contributed by atoms with Crippen molar-refractivity contribution in [2.75, 3.05) is 0 Å². The molecule has 0 saturated carbocycles. The van der Waals surface area contributed by atoms with Crippen LogP contribution < -0.4 is 0 Å². The van der Waals surface area contributed by atoms with Gasteiger partial charge in [-0.1, -0.05) is 34.6 Å². The zero-order chi connectivity index (χ0) is 13.9. The van der Waals surface area contributed by atoms with E-state index in [4.69, 9.17) is 4.42 Å². The van der Waals surface area contributed by atoms with Gasteiger partial charge >= 0.3 is 0 Å². The zero-order valence-corrected chi connectivity index (χ0v) is 12.4. The molecule has 0 atom stereocenters. The van der Waals surface area contributed by atoms with E-state index >= 15 is 0 Å². The van der Waals surface area contributed by atoms with Crippen LogP contribution in [0.4, 0.5) is 0 Å². The molecule has 0 aliphatic rings. The molecule has 1 aromatic carbocycles. The van der Waals surface area contributed by atoms with Crippen molar-refractivity contribution in [1.82, 2.24) is 9.55 Å². The van der Waals surface area contributed by atoms with Crippen LogP contribution in [-0.4, -0.2) is 9.55 Å². The van der Waals surface area contributed by atoms with E-state index in [1.54, 1.807) is 6.26 Å². The quantitative estimate of drug-likeness (QED) is 0.694. The Labute approximate surface area is 125 Å². The van der Waals surface area contributed by atoms with Crippen LogP contribution in [0.1, 0.15) is 11.6 Å². The molecule has 2 heterocycles. The minimum Gasteiger partial charge on any atom is -0.465 e. The van der Waals surface area contributed by atoms with Crippen LogP contribution >= 0.6 is 15.9 Å². The minimum atomic E-state index is 0.679. The molecule has 2 aromatic heterocycles. The van der Waals surface area contributed by atoms with Crippen LogP contribution in [0.3, 0.4) is 0 Å². The first kappa shape index (κ1) is 12.9. The standard InChI is InChI=1S/C16H13BrN2O/c1-12(17)11-19-15-7-3-2-6-14(15)18-16(19)9-8-13-5-4-10-20-13/h2-10H,1,11H2/b9-8+. The third-order valence-electron chi connectivity index (χ3n) is 2.95. The van der Waals surface area contributed by atoms with Gasteiger partial charge in [-0.25, -0.2) is 4.98 Å². The Bertz CT molecular complexity index is 769. The number of nitrogens with zero attached hydrogens (tertiary/aromatic N) is 2. The summed E-state index contributed by atoms with van der Waals surface area (Å²) in [7, 11) is 0. The first-order valence-electron chi connectivity index (χ1n) is 6.24. The average Bonchev–Trinajstić information content (AvgIpc) is 3.04. The fraction of sp³-hybridized carbons (Fsp3) is 0.0625. The van der Waals surface area contributed by atoms with Crippen molar-refractivity contribution in [1.29, 1.82) is 0 Å². The number of para-hydroxylation sites is 2. The minimum absolute atomic E-state index is 0.679. The molecule has 3 nitrogen and oxygen atoms in total. The van der Waals surface area contributed by atoms with E-state index < -0.39 is 0 Å². The molecular weight excluding hydrogens is 316 g/mol. The van der Waals surface area contributed by atoms with E-state index in [1.807, 2.05) is 42.5 Å². The third-order valence-corrected chi connectivity index (χ3v) is 3.20. The maximum absolute atomic E-state index is 5.30. The fourth-order valence-corrected chi connectivity index (χ4v) is 2.35. The van der Waals surface area contributed by atoms with Gasteiger partial charge in [0.2, 0.25) is 0 Å². The number of rotatable bonds is 4. The smallest absolute Gasteiger partial charge is 0.134 e. The Hall–Kier alpha value is -2.07. The maximum Gasteiger partial charge on any atom is 0.134 e. The van der Waals surface area contributed by atoms with Crippen molar-refractivity contribution in [3.8, 4) is 0 Å². The van der Waals surface area contributed by atoms with Crippen LogP contribution in [0.5, 0.6) is 0 Å². The number of fused-ring (bicyclic) bond motifs is 1. The topological polar surface area (TPSA) is 31.0 Å². The van der Waals surface area contributed by atoms with Crippen molar-refractivity contribution in [3.63, 3.8) is 0 Å². The molecule has 0 bridgehead atoms. The molecule has 4 heteroatoms. The van der Waals surface area contributed by atoms with E-state index in [2.05, 4.69) is 38.1 Å². The summed E-state index contributed by atoms with van der Waals surface area (Å²) in [6.07, 6.45) is 5.52. The first-order valence-corrected chi connectivity index (χ1v) is 7.03. The van der Waals surface area contributed by atoms with Gasteiger partial charge in [0.05, 0.1) is 23.8 Å². The summed E-state index contributed by atoms with van der Waals surface area (Å²) < 4.78 is 8.33. The van der Waals surface area contributed by atoms with Crippen molar-refractivity contribution in [2.45, 2.75) is 6.54 Å². The largest absolute Gasteiger partial charge is 0.465 e. The van der Waals surface area contributed by atoms with E-state index in [9.17, 15) is 0 Å². The van der Waals surface area contributed by atoms with Crippen LogP contribution in [0.25, 0.3) is 23.2 Å². The molecule has 3 rings (SSSR count). The highest BCUT2D eigenvalue weighted by molar-refractivity contribution is 9.11. The number of aromatic nitrogens is 2. The third kappa shape index (κ3) is 2.60. The summed E-state index contributed by atoms with van der Waals surface area (Å²) in [6, 6.07) is 11.8. The number of hydrogen-bond acceptors (Lipinski definition) is 2. The summed E-state index contributed by atoms with van der Waals surface area (Å²) in [6.45, 7) is 4.59. The number of furan rings is 1. The lowest BCUT2D eigenvalue weighted by molar-refractivity contribution is 0.557. The predicted molar refractivity (Wildman–Crippen MR) is 85.4 cm³/mol. The van der Waals surface area contributed by atoms with Crippen molar-refractivity contribution >= 4 is 39.1 Å². The first-order chi connectivity index (χ1) is 9.74. The molecule has 0 aliphatic heterocycles. The highest BCUT2D eigenvalue weighted by Crippen LogP contribution is 2.20. The monoisotopic (exact) mass is 328 g/mol. The molecule has 0 radical (unpaired) electrons. The van der Waals surface area contributed by atoms with Crippen LogP contribution in [0.2, 0.25) is 0 Å². The molecular formula is C16H13BrN2O. The Morgan fingerprint density at radius 1 is 1.25 bits per heavy atom. The fourth-order valence-electron chi connectivity index (χ4n) is 2.10. The van der Waals surface area contributed by atoms with Gasteiger partial charge in [0.1, 0.15) is 11.6 Å². The van der Waals surface area contributed by atoms with E-state index in [-0.39, 0.29) is 0 Å². The molecule has 3 aromatic rings. The van der Waals surface area contributed by atoms with Crippen molar-refractivity contribution < 1.29 is 4.42 Å². The van der Waals surface area contributed by atoms with Gasteiger partial charge in [0.15, 0.2) is 0 Å². The number of hydrogen-bond donors (Lipinski definition) is 0. The zero-order valence-electron chi connectivity index (χ0n) is 10.8. The number of benzene rings is 1.